The number of rotatable bonds is 3. The molecule has 2 heterocycles. The van der Waals surface area contributed by atoms with Crippen molar-refractivity contribution in [3.05, 3.63) is 58.2 Å². The van der Waals surface area contributed by atoms with E-state index in [4.69, 9.17) is 14.7 Å². The fraction of sp³-hybridized carbons (Fsp3) is 0.227. The third kappa shape index (κ3) is 3.36. The second-order valence-electron chi connectivity index (χ2n) is 6.13. The molecule has 132 valence electrons. The van der Waals surface area contributed by atoms with Gasteiger partial charge in [0.15, 0.2) is 5.82 Å². The lowest BCUT2D eigenvalue weighted by atomic mass is 10.1. The van der Waals surface area contributed by atoms with Crippen LogP contribution in [0.1, 0.15) is 25.1 Å². The maximum atomic E-state index is 5.31. The Kier molecular flexibility index (Phi) is 5.12. The summed E-state index contributed by atoms with van der Waals surface area (Å²) in [5, 5.41) is 1.94. The second-order valence-corrected chi connectivity index (χ2v) is 6.13. The van der Waals surface area contributed by atoms with Crippen molar-refractivity contribution in [2.24, 2.45) is 0 Å². The molecule has 0 saturated heterocycles. The van der Waals surface area contributed by atoms with Crippen molar-refractivity contribution in [3.8, 4) is 28.5 Å². The Morgan fingerprint density at radius 2 is 1.73 bits per heavy atom. The molecule has 1 aromatic carbocycles. The van der Waals surface area contributed by atoms with Crippen molar-refractivity contribution in [3.63, 3.8) is 0 Å². The van der Waals surface area contributed by atoms with E-state index in [1.54, 1.807) is 7.11 Å². The Bertz CT molecular complexity index is 1070. The molecule has 0 radical (unpaired) electrons. The third-order valence-corrected chi connectivity index (χ3v) is 4.32. The summed E-state index contributed by atoms with van der Waals surface area (Å²) in [6.45, 7) is 8.01. The highest BCUT2D eigenvalue weighted by Crippen LogP contribution is 2.21. The van der Waals surface area contributed by atoms with Gasteiger partial charge in [-0.3, -0.25) is 0 Å². The van der Waals surface area contributed by atoms with Crippen LogP contribution in [0.3, 0.4) is 0 Å². The fourth-order valence-electron chi connectivity index (χ4n) is 3.01. The van der Waals surface area contributed by atoms with Crippen molar-refractivity contribution in [2.75, 3.05) is 7.11 Å². The number of pyridine rings is 1. The van der Waals surface area contributed by atoms with E-state index in [-0.39, 0.29) is 0 Å². The lowest BCUT2D eigenvalue weighted by molar-refractivity contribution is 0.409. The van der Waals surface area contributed by atoms with Gasteiger partial charge in [-0.2, -0.15) is 0 Å². The van der Waals surface area contributed by atoms with E-state index < -0.39 is 0 Å². The number of methoxy groups -OCH3 is 1. The van der Waals surface area contributed by atoms with Crippen LogP contribution < -0.4 is 15.3 Å². The van der Waals surface area contributed by atoms with Crippen molar-refractivity contribution >= 4 is 12.2 Å². The molecule has 0 saturated carbocycles. The van der Waals surface area contributed by atoms with Gasteiger partial charge in [0, 0.05) is 10.8 Å². The average molecular weight is 345 g/mol. The predicted molar refractivity (Wildman–Crippen MR) is 106 cm³/mol. The molecule has 0 aliphatic rings. The van der Waals surface area contributed by atoms with Gasteiger partial charge in [0.1, 0.15) is 11.4 Å². The summed E-state index contributed by atoms with van der Waals surface area (Å²) in [7, 11) is 1.64. The first-order chi connectivity index (χ1) is 12.6. The van der Waals surface area contributed by atoms with Gasteiger partial charge in [0.25, 0.3) is 0 Å². The average Bonchev–Trinajstić information content (AvgIpc) is 2.66. The minimum Gasteiger partial charge on any atom is -0.495 e. The number of benzene rings is 1. The van der Waals surface area contributed by atoms with Gasteiger partial charge in [-0.1, -0.05) is 35.9 Å². The van der Waals surface area contributed by atoms with Gasteiger partial charge in [-0.25, -0.2) is 15.0 Å². The van der Waals surface area contributed by atoms with E-state index in [0.717, 1.165) is 39.0 Å². The Balaban J connectivity index is 2.29. The zero-order valence-electron chi connectivity index (χ0n) is 15.9. The number of aromatic nitrogens is 3. The molecule has 2 aromatic heterocycles. The van der Waals surface area contributed by atoms with Gasteiger partial charge < -0.3 is 4.74 Å². The van der Waals surface area contributed by atoms with Crippen LogP contribution in [-0.4, -0.2) is 22.1 Å². The zero-order chi connectivity index (χ0) is 18.7. The van der Waals surface area contributed by atoms with Gasteiger partial charge in [0.2, 0.25) is 0 Å². The Hall–Kier alpha value is -3.01. The topological polar surface area (TPSA) is 47.9 Å². The third-order valence-electron chi connectivity index (χ3n) is 4.32. The SMILES string of the molecule is C/C=c1/c(-c2cccc(C)c2)nc(-c2ccc(OC)c(C)n2)n/c1=C/C. The molecule has 3 rings (SSSR count). The van der Waals surface area contributed by atoms with E-state index in [1.165, 1.54) is 5.56 Å². The van der Waals surface area contributed by atoms with E-state index in [0.29, 0.717) is 5.82 Å². The number of nitrogens with zero attached hydrogens (tertiary/aromatic N) is 3. The van der Waals surface area contributed by atoms with Gasteiger partial charge in [-0.05, 0) is 45.9 Å². The van der Waals surface area contributed by atoms with Crippen molar-refractivity contribution in [1.29, 1.82) is 0 Å². The first kappa shape index (κ1) is 17.8. The van der Waals surface area contributed by atoms with Crippen LogP contribution in [0, 0.1) is 13.8 Å². The second kappa shape index (κ2) is 7.48. The summed E-state index contributed by atoms with van der Waals surface area (Å²) in [5.74, 6) is 1.37. The zero-order valence-corrected chi connectivity index (χ0v) is 15.9. The molecule has 4 heteroatoms. The molecule has 0 fully saturated rings. The summed E-state index contributed by atoms with van der Waals surface area (Å²) in [6, 6.07) is 12.2. The van der Waals surface area contributed by atoms with Crippen LogP contribution in [0.25, 0.3) is 34.9 Å². The molecule has 3 aromatic rings. The molecule has 4 nitrogen and oxygen atoms in total. The van der Waals surface area contributed by atoms with E-state index >= 15 is 0 Å². The van der Waals surface area contributed by atoms with E-state index in [2.05, 4.69) is 42.2 Å². The molecule has 0 aliphatic heterocycles. The van der Waals surface area contributed by atoms with Crippen molar-refractivity contribution in [2.45, 2.75) is 27.7 Å². The van der Waals surface area contributed by atoms with Gasteiger partial charge >= 0.3 is 0 Å². The first-order valence-electron chi connectivity index (χ1n) is 8.67. The highest BCUT2D eigenvalue weighted by molar-refractivity contribution is 5.65. The predicted octanol–water partition coefficient (Wildman–Crippen LogP) is 3.43. The quantitative estimate of drug-likeness (QED) is 0.730. The summed E-state index contributed by atoms with van der Waals surface area (Å²) in [4.78, 5) is 14.2. The molecule has 0 bridgehead atoms. The lowest BCUT2D eigenvalue weighted by Gasteiger charge is -2.09. The molecule has 0 aliphatic carbocycles. The van der Waals surface area contributed by atoms with Crippen LogP contribution in [-0.2, 0) is 0 Å². The van der Waals surface area contributed by atoms with Crippen molar-refractivity contribution < 1.29 is 4.74 Å². The Morgan fingerprint density at radius 1 is 0.923 bits per heavy atom. The molecule has 0 spiro atoms. The lowest BCUT2D eigenvalue weighted by Crippen LogP contribution is -2.32. The maximum absolute atomic E-state index is 5.31. The normalized spacial score (nSPS) is 12.5. The summed E-state index contributed by atoms with van der Waals surface area (Å²) >= 11 is 0. The number of ether oxygens (including phenoxy) is 1. The van der Waals surface area contributed by atoms with E-state index in [9.17, 15) is 0 Å². The van der Waals surface area contributed by atoms with Crippen molar-refractivity contribution in [1.82, 2.24) is 15.0 Å². The molecule has 26 heavy (non-hydrogen) atoms. The van der Waals surface area contributed by atoms with Crippen LogP contribution in [0.4, 0.5) is 0 Å². The molecular formula is C22H23N3O. The summed E-state index contributed by atoms with van der Waals surface area (Å²) in [5.41, 5.74) is 4.76. The van der Waals surface area contributed by atoms with Crippen LogP contribution in [0.2, 0.25) is 0 Å². The molecule has 0 amide bonds. The minimum absolute atomic E-state index is 0.617. The Labute approximate surface area is 153 Å². The fourth-order valence-corrected chi connectivity index (χ4v) is 3.01. The first-order valence-corrected chi connectivity index (χ1v) is 8.67. The van der Waals surface area contributed by atoms with Gasteiger partial charge in [-0.15, -0.1) is 0 Å². The highest BCUT2D eigenvalue weighted by atomic mass is 16.5. The molecular weight excluding hydrogens is 322 g/mol. The molecule has 0 unspecified atom stereocenters. The standard InChI is InChI=1S/C22H23N3O/c1-6-17-18(7-2)24-22(19-11-12-20(26-5)15(4)23-19)25-21(17)16-10-8-9-14(3)13-16/h6-13H,1-5H3/b17-6+,18-7+. The number of hydrogen-bond acceptors (Lipinski definition) is 4. The largest absolute Gasteiger partial charge is 0.495 e. The highest BCUT2D eigenvalue weighted by Gasteiger charge is 2.11. The van der Waals surface area contributed by atoms with E-state index in [1.807, 2.05) is 39.0 Å². The molecule has 0 N–H and O–H groups in total. The monoisotopic (exact) mass is 345 g/mol. The summed E-state index contributed by atoms with van der Waals surface area (Å²) in [6.07, 6.45) is 4.07. The summed E-state index contributed by atoms with van der Waals surface area (Å²) < 4.78 is 5.31. The van der Waals surface area contributed by atoms with Crippen LogP contribution in [0.5, 0.6) is 5.75 Å². The Morgan fingerprint density at radius 3 is 2.35 bits per heavy atom. The van der Waals surface area contributed by atoms with Crippen LogP contribution >= 0.6 is 0 Å². The number of hydrogen-bond donors (Lipinski definition) is 0. The number of aryl methyl sites for hydroxylation is 2. The van der Waals surface area contributed by atoms with Gasteiger partial charge in [0.05, 0.1) is 23.8 Å². The maximum Gasteiger partial charge on any atom is 0.179 e. The molecule has 0 atom stereocenters. The minimum atomic E-state index is 0.617. The smallest absolute Gasteiger partial charge is 0.179 e. The van der Waals surface area contributed by atoms with Crippen LogP contribution in [0.15, 0.2) is 36.4 Å².